The third-order valence-corrected chi connectivity index (χ3v) is 4.91. The summed E-state index contributed by atoms with van der Waals surface area (Å²) in [6.07, 6.45) is 3.57. The molecule has 1 heterocycles. The molecule has 0 aliphatic heterocycles. The van der Waals surface area contributed by atoms with Crippen molar-refractivity contribution in [2.45, 2.75) is 6.54 Å². The summed E-state index contributed by atoms with van der Waals surface area (Å²) in [5, 5.41) is 21.7. The van der Waals surface area contributed by atoms with E-state index in [1.165, 1.54) is 18.2 Å². The van der Waals surface area contributed by atoms with Crippen LogP contribution >= 0.6 is 0 Å². The molecular formula is C24H16FN3O2. The van der Waals surface area contributed by atoms with E-state index >= 15 is 0 Å². The Bertz CT molecular complexity index is 1330. The number of rotatable bonds is 5. The van der Waals surface area contributed by atoms with Gasteiger partial charge < -0.3 is 4.57 Å². The van der Waals surface area contributed by atoms with Gasteiger partial charge in [-0.15, -0.1) is 0 Å². The van der Waals surface area contributed by atoms with Gasteiger partial charge in [0.15, 0.2) is 0 Å². The Morgan fingerprint density at radius 1 is 1.10 bits per heavy atom. The van der Waals surface area contributed by atoms with Gasteiger partial charge >= 0.3 is 0 Å². The Hall–Kier alpha value is -4.24. The zero-order valence-corrected chi connectivity index (χ0v) is 15.8. The number of non-ortho nitro benzene ring substituents is 1. The molecule has 0 amide bonds. The zero-order valence-electron chi connectivity index (χ0n) is 15.8. The average molecular weight is 397 g/mol. The first-order chi connectivity index (χ1) is 14.6. The molecule has 146 valence electrons. The van der Waals surface area contributed by atoms with E-state index in [0.29, 0.717) is 23.2 Å². The fraction of sp³-hybridized carbons (Fsp3) is 0.0417. The molecule has 0 saturated carbocycles. The lowest BCUT2D eigenvalue weighted by molar-refractivity contribution is -0.384. The second-order valence-corrected chi connectivity index (χ2v) is 6.80. The molecule has 0 unspecified atom stereocenters. The molecule has 4 aromatic rings. The van der Waals surface area contributed by atoms with Gasteiger partial charge in [-0.05, 0) is 23.8 Å². The number of hydrogen-bond acceptors (Lipinski definition) is 3. The Morgan fingerprint density at radius 2 is 1.87 bits per heavy atom. The molecule has 0 aliphatic rings. The molecule has 0 fully saturated rings. The maximum atomic E-state index is 14.1. The Morgan fingerprint density at radius 3 is 2.63 bits per heavy atom. The van der Waals surface area contributed by atoms with E-state index in [1.54, 1.807) is 36.4 Å². The smallest absolute Gasteiger partial charge is 0.270 e. The van der Waals surface area contributed by atoms with E-state index in [4.69, 9.17) is 0 Å². The van der Waals surface area contributed by atoms with Crippen molar-refractivity contribution in [2.75, 3.05) is 0 Å². The molecule has 0 saturated heterocycles. The van der Waals surface area contributed by atoms with Crippen LogP contribution in [0, 0.1) is 27.3 Å². The summed E-state index contributed by atoms with van der Waals surface area (Å²) in [5.41, 5.74) is 2.96. The molecule has 0 spiro atoms. The van der Waals surface area contributed by atoms with Crippen LogP contribution in [0.4, 0.5) is 10.1 Å². The van der Waals surface area contributed by atoms with Gasteiger partial charge in [0, 0.05) is 40.4 Å². The van der Waals surface area contributed by atoms with E-state index in [-0.39, 0.29) is 11.5 Å². The van der Waals surface area contributed by atoms with Crippen LogP contribution in [0.1, 0.15) is 16.7 Å². The van der Waals surface area contributed by atoms with Gasteiger partial charge in [0.1, 0.15) is 5.82 Å². The number of nitriles is 1. The van der Waals surface area contributed by atoms with Gasteiger partial charge in [0.2, 0.25) is 0 Å². The zero-order chi connectivity index (χ0) is 21.1. The average Bonchev–Trinajstić information content (AvgIpc) is 3.11. The minimum atomic E-state index is -0.487. The van der Waals surface area contributed by atoms with Crippen LogP contribution in [0.5, 0.6) is 0 Å². The van der Waals surface area contributed by atoms with Crippen molar-refractivity contribution in [2.24, 2.45) is 0 Å². The third-order valence-electron chi connectivity index (χ3n) is 4.91. The van der Waals surface area contributed by atoms with Crippen molar-refractivity contribution < 1.29 is 9.31 Å². The van der Waals surface area contributed by atoms with Gasteiger partial charge in [-0.2, -0.15) is 5.26 Å². The molecule has 30 heavy (non-hydrogen) atoms. The van der Waals surface area contributed by atoms with E-state index in [0.717, 1.165) is 16.5 Å². The number of nitro benzene ring substituents is 1. The van der Waals surface area contributed by atoms with Crippen molar-refractivity contribution >= 4 is 28.2 Å². The van der Waals surface area contributed by atoms with Crippen molar-refractivity contribution in [3.63, 3.8) is 0 Å². The first-order valence-corrected chi connectivity index (χ1v) is 9.25. The number of aromatic nitrogens is 1. The molecule has 1 aromatic heterocycles. The van der Waals surface area contributed by atoms with Gasteiger partial charge in [0.25, 0.3) is 5.69 Å². The largest absolute Gasteiger partial charge is 0.342 e. The molecule has 0 radical (unpaired) electrons. The fourth-order valence-corrected chi connectivity index (χ4v) is 3.45. The number of allylic oxidation sites excluding steroid dienone is 1. The number of nitro groups is 1. The third kappa shape index (κ3) is 3.69. The van der Waals surface area contributed by atoms with E-state index in [9.17, 15) is 19.8 Å². The number of benzene rings is 3. The molecule has 0 N–H and O–H groups in total. The van der Waals surface area contributed by atoms with Crippen LogP contribution in [0.3, 0.4) is 0 Å². The van der Waals surface area contributed by atoms with E-state index in [1.807, 2.05) is 35.0 Å². The SMILES string of the molecule is N#C/C(=C/c1cn(Cc2ccccc2F)c2ccccc12)c1cccc([N+](=O)[O-])c1. The number of para-hydroxylation sites is 1. The molecule has 0 bridgehead atoms. The number of hydrogen-bond donors (Lipinski definition) is 0. The van der Waals surface area contributed by atoms with Gasteiger partial charge in [0.05, 0.1) is 23.1 Å². The lowest BCUT2D eigenvalue weighted by atomic mass is 10.0. The summed E-state index contributed by atoms with van der Waals surface area (Å²) < 4.78 is 16.1. The first-order valence-electron chi connectivity index (χ1n) is 9.25. The fourth-order valence-electron chi connectivity index (χ4n) is 3.45. The van der Waals surface area contributed by atoms with Gasteiger partial charge in [-0.3, -0.25) is 10.1 Å². The topological polar surface area (TPSA) is 71.9 Å². The predicted octanol–water partition coefficient (Wildman–Crippen LogP) is 5.80. The van der Waals surface area contributed by atoms with Crippen LogP contribution in [0.2, 0.25) is 0 Å². The first kappa shape index (κ1) is 19.1. The summed E-state index contributed by atoms with van der Waals surface area (Å²) in [6, 6.07) is 22.4. The van der Waals surface area contributed by atoms with Crippen molar-refractivity contribution in [1.29, 1.82) is 5.26 Å². The van der Waals surface area contributed by atoms with Crippen LogP contribution in [-0.2, 0) is 6.54 Å². The van der Waals surface area contributed by atoms with E-state index < -0.39 is 4.92 Å². The van der Waals surface area contributed by atoms with E-state index in [2.05, 4.69) is 6.07 Å². The monoisotopic (exact) mass is 397 g/mol. The molecule has 3 aromatic carbocycles. The van der Waals surface area contributed by atoms with Crippen LogP contribution in [0.25, 0.3) is 22.6 Å². The Kier molecular flexibility index (Phi) is 5.10. The molecule has 0 atom stereocenters. The maximum absolute atomic E-state index is 14.1. The molecule has 6 heteroatoms. The summed E-state index contributed by atoms with van der Waals surface area (Å²) in [5.74, 6) is -0.276. The number of halogens is 1. The van der Waals surface area contributed by atoms with Crippen LogP contribution in [-0.4, -0.2) is 9.49 Å². The second kappa shape index (κ2) is 8.02. The van der Waals surface area contributed by atoms with Crippen molar-refractivity contribution in [3.05, 3.63) is 112 Å². The molecule has 5 nitrogen and oxygen atoms in total. The summed E-state index contributed by atoms with van der Waals surface area (Å²) in [4.78, 5) is 10.6. The second-order valence-electron chi connectivity index (χ2n) is 6.80. The highest BCUT2D eigenvalue weighted by Gasteiger charge is 2.12. The normalized spacial score (nSPS) is 11.4. The predicted molar refractivity (Wildman–Crippen MR) is 114 cm³/mol. The number of fused-ring (bicyclic) bond motifs is 1. The summed E-state index contributed by atoms with van der Waals surface area (Å²) in [6.45, 7) is 0.347. The van der Waals surface area contributed by atoms with Crippen LogP contribution in [0.15, 0.2) is 79.0 Å². The Labute approximate surface area is 172 Å². The standard InChI is InChI=1S/C24H16FN3O2/c25-23-10-3-1-6-18(23)15-27-16-20(22-9-2-4-11-24(22)27)12-19(14-26)17-7-5-8-21(13-17)28(29)30/h1-13,16H,15H2/b19-12-. The minimum Gasteiger partial charge on any atom is -0.342 e. The molecular weight excluding hydrogens is 381 g/mol. The maximum Gasteiger partial charge on any atom is 0.270 e. The summed E-state index contributed by atoms with van der Waals surface area (Å²) >= 11 is 0. The highest BCUT2D eigenvalue weighted by atomic mass is 19.1. The van der Waals surface area contributed by atoms with Crippen molar-refractivity contribution in [3.8, 4) is 6.07 Å². The van der Waals surface area contributed by atoms with Crippen molar-refractivity contribution in [1.82, 2.24) is 4.57 Å². The highest BCUT2D eigenvalue weighted by molar-refractivity contribution is 5.98. The molecule has 4 rings (SSSR count). The van der Waals surface area contributed by atoms with Gasteiger partial charge in [-0.1, -0.05) is 48.5 Å². The quantitative estimate of drug-likeness (QED) is 0.243. The minimum absolute atomic E-state index is 0.0735. The van der Waals surface area contributed by atoms with Gasteiger partial charge in [-0.25, -0.2) is 4.39 Å². The highest BCUT2D eigenvalue weighted by Crippen LogP contribution is 2.28. The lowest BCUT2D eigenvalue weighted by Crippen LogP contribution is -2.00. The lowest BCUT2D eigenvalue weighted by Gasteiger charge is -2.06. The Balaban J connectivity index is 1.81. The summed E-state index contributed by atoms with van der Waals surface area (Å²) in [7, 11) is 0. The number of nitrogens with zero attached hydrogens (tertiary/aromatic N) is 3. The van der Waals surface area contributed by atoms with Crippen LogP contribution < -0.4 is 0 Å². The molecule has 0 aliphatic carbocycles.